The van der Waals surface area contributed by atoms with Crippen molar-refractivity contribution in [3.8, 4) is 0 Å². The van der Waals surface area contributed by atoms with E-state index in [1.807, 2.05) is 0 Å². The van der Waals surface area contributed by atoms with Gasteiger partial charge < -0.3 is 10.0 Å². The summed E-state index contributed by atoms with van der Waals surface area (Å²) in [5.41, 5.74) is 0. The predicted octanol–water partition coefficient (Wildman–Crippen LogP) is 3.44. The van der Waals surface area contributed by atoms with Crippen LogP contribution >= 0.6 is 0 Å². The van der Waals surface area contributed by atoms with Crippen LogP contribution in [0.15, 0.2) is 0 Å². The third-order valence-electron chi connectivity index (χ3n) is 5.17. The van der Waals surface area contributed by atoms with E-state index in [1.165, 1.54) is 51.5 Å². The molecule has 0 saturated heterocycles. The maximum Gasteiger partial charge on any atom is 0.0555 e. The molecule has 0 spiro atoms. The van der Waals surface area contributed by atoms with Crippen molar-refractivity contribution in [3.05, 3.63) is 0 Å². The highest BCUT2D eigenvalue weighted by atomic mass is 16.3. The van der Waals surface area contributed by atoms with Crippen molar-refractivity contribution in [2.75, 3.05) is 13.6 Å². The first-order chi connectivity index (χ1) is 8.70. The number of hydrogen-bond acceptors (Lipinski definition) is 2. The maximum atomic E-state index is 9.95. The van der Waals surface area contributed by atoms with Crippen molar-refractivity contribution in [2.45, 2.75) is 76.9 Å². The molecule has 18 heavy (non-hydrogen) atoms. The minimum atomic E-state index is -0.0471. The second-order valence-electron chi connectivity index (χ2n) is 6.67. The van der Waals surface area contributed by atoms with Gasteiger partial charge in [-0.2, -0.15) is 0 Å². The smallest absolute Gasteiger partial charge is 0.0555 e. The Kier molecular flexibility index (Phi) is 5.50. The SMILES string of the molecule is CCCC1CCC(O)CC1N(C)CC1CCCC1. The number of nitrogens with zero attached hydrogens (tertiary/aromatic N) is 1. The fraction of sp³-hybridized carbons (Fsp3) is 1.00. The van der Waals surface area contributed by atoms with Gasteiger partial charge in [0.2, 0.25) is 0 Å². The summed E-state index contributed by atoms with van der Waals surface area (Å²) in [4.78, 5) is 2.58. The van der Waals surface area contributed by atoms with Crippen LogP contribution in [0.3, 0.4) is 0 Å². The number of rotatable bonds is 5. The zero-order chi connectivity index (χ0) is 13.0. The van der Waals surface area contributed by atoms with Crippen LogP contribution in [0.25, 0.3) is 0 Å². The van der Waals surface area contributed by atoms with Gasteiger partial charge in [0.15, 0.2) is 0 Å². The predicted molar refractivity (Wildman–Crippen MR) is 76.6 cm³/mol. The fourth-order valence-corrected chi connectivity index (χ4v) is 4.17. The number of aliphatic hydroxyl groups excluding tert-OH is 1. The van der Waals surface area contributed by atoms with E-state index in [4.69, 9.17) is 0 Å². The minimum Gasteiger partial charge on any atom is -0.393 e. The molecule has 2 heteroatoms. The summed E-state index contributed by atoms with van der Waals surface area (Å²) in [6.07, 6.45) is 11.6. The van der Waals surface area contributed by atoms with E-state index in [9.17, 15) is 5.11 Å². The van der Waals surface area contributed by atoms with Gasteiger partial charge >= 0.3 is 0 Å². The molecule has 0 radical (unpaired) electrons. The van der Waals surface area contributed by atoms with Gasteiger partial charge in [0.25, 0.3) is 0 Å². The summed E-state index contributed by atoms with van der Waals surface area (Å²) in [6, 6.07) is 0.634. The van der Waals surface area contributed by atoms with Crippen molar-refractivity contribution in [3.63, 3.8) is 0 Å². The molecule has 2 aliphatic rings. The molecular weight excluding hydrogens is 222 g/mol. The highest BCUT2D eigenvalue weighted by Gasteiger charge is 2.32. The summed E-state index contributed by atoms with van der Waals surface area (Å²) in [5.74, 6) is 1.75. The Hall–Kier alpha value is -0.0800. The summed E-state index contributed by atoms with van der Waals surface area (Å²) in [5, 5.41) is 9.95. The van der Waals surface area contributed by atoms with Gasteiger partial charge in [0, 0.05) is 12.6 Å². The van der Waals surface area contributed by atoms with E-state index in [1.54, 1.807) is 0 Å². The molecule has 0 amide bonds. The molecule has 0 bridgehead atoms. The van der Waals surface area contributed by atoms with Crippen LogP contribution in [-0.4, -0.2) is 35.7 Å². The fourth-order valence-electron chi connectivity index (χ4n) is 4.17. The highest BCUT2D eigenvalue weighted by molar-refractivity contribution is 4.86. The molecule has 0 aliphatic heterocycles. The average Bonchev–Trinajstić information content (AvgIpc) is 2.84. The first kappa shape index (κ1) is 14.3. The molecule has 0 aromatic carbocycles. The Morgan fingerprint density at radius 3 is 2.50 bits per heavy atom. The Labute approximate surface area is 113 Å². The lowest BCUT2D eigenvalue weighted by atomic mass is 9.79. The second kappa shape index (κ2) is 6.91. The molecule has 1 N–H and O–H groups in total. The standard InChI is InChI=1S/C16H31NO/c1-3-6-14-9-10-15(18)11-16(14)17(2)12-13-7-4-5-8-13/h13-16,18H,3-12H2,1-2H3. The summed E-state index contributed by atoms with van der Waals surface area (Å²) >= 11 is 0. The Morgan fingerprint density at radius 2 is 1.83 bits per heavy atom. The molecular formula is C16H31NO. The van der Waals surface area contributed by atoms with Crippen LogP contribution in [0.5, 0.6) is 0 Å². The molecule has 0 heterocycles. The monoisotopic (exact) mass is 253 g/mol. The molecule has 106 valence electrons. The lowest BCUT2D eigenvalue weighted by Gasteiger charge is -2.41. The molecule has 0 aromatic heterocycles. The molecule has 2 rings (SSSR count). The second-order valence-corrected chi connectivity index (χ2v) is 6.67. The molecule has 2 saturated carbocycles. The molecule has 2 fully saturated rings. The van der Waals surface area contributed by atoms with Crippen molar-refractivity contribution in [2.24, 2.45) is 11.8 Å². The van der Waals surface area contributed by atoms with E-state index in [-0.39, 0.29) is 6.10 Å². The van der Waals surface area contributed by atoms with Gasteiger partial charge in [-0.25, -0.2) is 0 Å². The molecule has 0 aromatic rings. The molecule has 3 atom stereocenters. The highest BCUT2D eigenvalue weighted by Crippen LogP contribution is 2.33. The zero-order valence-electron chi connectivity index (χ0n) is 12.3. The topological polar surface area (TPSA) is 23.5 Å². The summed E-state index contributed by atoms with van der Waals surface area (Å²) in [7, 11) is 2.30. The van der Waals surface area contributed by atoms with Crippen LogP contribution < -0.4 is 0 Å². The first-order valence-corrected chi connectivity index (χ1v) is 8.09. The van der Waals surface area contributed by atoms with Gasteiger partial charge in [0.05, 0.1) is 6.10 Å². The normalized spacial score (nSPS) is 34.3. The van der Waals surface area contributed by atoms with E-state index in [2.05, 4.69) is 18.9 Å². The van der Waals surface area contributed by atoms with E-state index in [0.29, 0.717) is 6.04 Å². The largest absolute Gasteiger partial charge is 0.393 e. The third kappa shape index (κ3) is 3.71. The summed E-state index contributed by atoms with van der Waals surface area (Å²) < 4.78 is 0. The van der Waals surface area contributed by atoms with Gasteiger partial charge in [-0.15, -0.1) is 0 Å². The Morgan fingerprint density at radius 1 is 1.11 bits per heavy atom. The lowest BCUT2D eigenvalue weighted by molar-refractivity contribution is 0.0292. The van der Waals surface area contributed by atoms with E-state index < -0.39 is 0 Å². The lowest BCUT2D eigenvalue weighted by Crippen LogP contribution is -2.45. The van der Waals surface area contributed by atoms with Gasteiger partial charge in [-0.05, 0) is 57.4 Å². The van der Waals surface area contributed by atoms with Crippen molar-refractivity contribution in [1.82, 2.24) is 4.90 Å². The average molecular weight is 253 g/mol. The van der Waals surface area contributed by atoms with E-state index in [0.717, 1.165) is 24.7 Å². The van der Waals surface area contributed by atoms with Crippen LogP contribution in [0.2, 0.25) is 0 Å². The van der Waals surface area contributed by atoms with Crippen LogP contribution in [-0.2, 0) is 0 Å². The maximum absolute atomic E-state index is 9.95. The van der Waals surface area contributed by atoms with Gasteiger partial charge in [-0.3, -0.25) is 0 Å². The Bertz CT molecular complexity index is 237. The summed E-state index contributed by atoms with van der Waals surface area (Å²) in [6.45, 7) is 3.55. The van der Waals surface area contributed by atoms with Crippen molar-refractivity contribution < 1.29 is 5.11 Å². The van der Waals surface area contributed by atoms with Crippen molar-refractivity contribution >= 4 is 0 Å². The number of aliphatic hydroxyl groups is 1. The Balaban J connectivity index is 1.88. The van der Waals surface area contributed by atoms with Gasteiger partial charge in [-0.1, -0.05) is 26.2 Å². The molecule has 3 unspecified atom stereocenters. The van der Waals surface area contributed by atoms with E-state index >= 15 is 0 Å². The minimum absolute atomic E-state index is 0.0471. The third-order valence-corrected chi connectivity index (χ3v) is 5.17. The van der Waals surface area contributed by atoms with Crippen LogP contribution in [0, 0.1) is 11.8 Å². The van der Waals surface area contributed by atoms with Gasteiger partial charge in [0.1, 0.15) is 0 Å². The molecule has 2 nitrogen and oxygen atoms in total. The number of hydrogen-bond donors (Lipinski definition) is 1. The van der Waals surface area contributed by atoms with Crippen molar-refractivity contribution in [1.29, 1.82) is 0 Å². The molecule has 2 aliphatic carbocycles. The quantitative estimate of drug-likeness (QED) is 0.811. The first-order valence-electron chi connectivity index (χ1n) is 8.09. The van der Waals surface area contributed by atoms with Crippen LogP contribution in [0.4, 0.5) is 0 Å². The zero-order valence-corrected chi connectivity index (χ0v) is 12.3. The van der Waals surface area contributed by atoms with Crippen LogP contribution in [0.1, 0.15) is 64.7 Å².